The molecular weight excluding hydrogens is 1050 g/mol. The summed E-state index contributed by atoms with van der Waals surface area (Å²) in [6.07, 6.45) is 3.02. The van der Waals surface area contributed by atoms with E-state index in [0.29, 0.717) is 30.0 Å². The number of fused-ring (bicyclic) bond motifs is 1. The zero-order valence-corrected chi connectivity index (χ0v) is 38.3. The van der Waals surface area contributed by atoms with Crippen LogP contribution in [0.2, 0.25) is 40.2 Å². The Hall–Kier alpha value is -3.32. The standard InChI is InChI=1S/C18H11BrCl4N4O2.C16H5BrCl4N4O2.CH5N/c1-2-14(28)10-3-8(20)4-11(22)16(10)25-18(29)13-6-15(19)26-27(13)17-12(23)5-9(21)7-24-17;17-12-4-11(25(24-12)14-10(21)3-7(19)5-22-14)15-23-13-8(16(26)27-15)1-6(18)2-9(13)20;1-2/h3-7H,2H2,1H3,(H,25,29);1-5H;2H2,1H3. The molecule has 0 bridgehead atoms. The first-order chi connectivity index (χ1) is 27.5. The molecule has 300 valence electrons. The molecule has 0 saturated carbocycles. The minimum absolute atomic E-state index is 0.0114. The largest absolute Gasteiger partial charge is 0.401 e. The molecule has 1 amide bonds. The highest BCUT2D eigenvalue weighted by Gasteiger charge is 2.24. The number of halogens is 10. The molecule has 7 aromatic rings. The van der Waals surface area contributed by atoms with Gasteiger partial charge in [0.25, 0.3) is 5.91 Å². The fourth-order valence-electron chi connectivity index (χ4n) is 4.97. The molecule has 3 N–H and O–H groups in total. The highest BCUT2D eigenvalue weighted by molar-refractivity contribution is 9.10. The van der Waals surface area contributed by atoms with Crippen molar-refractivity contribution in [2.24, 2.45) is 5.73 Å². The van der Waals surface area contributed by atoms with Crippen molar-refractivity contribution in [3.63, 3.8) is 0 Å². The summed E-state index contributed by atoms with van der Waals surface area (Å²) in [4.78, 5) is 50.4. The van der Waals surface area contributed by atoms with Crippen molar-refractivity contribution >= 4 is 153 Å². The van der Waals surface area contributed by atoms with Crippen LogP contribution in [0.15, 0.2) is 79.3 Å². The number of pyridine rings is 2. The number of anilines is 1. The smallest absolute Gasteiger partial charge is 0.347 e. The fraction of sp³-hybridized carbons (Fsp3) is 0.0857. The van der Waals surface area contributed by atoms with Crippen molar-refractivity contribution in [2.45, 2.75) is 13.3 Å². The number of benzene rings is 2. The lowest BCUT2D eigenvalue weighted by molar-refractivity contribution is 0.0989. The molecule has 0 atom stereocenters. The molecule has 0 unspecified atom stereocenters. The Morgan fingerprint density at radius 3 is 1.86 bits per heavy atom. The van der Waals surface area contributed by atoms with E-state index in [4.69, 9.17) is 97.2 Å². The highest BCUT2D eigenvalue weighted by Crippen LogP contribution is 2.34. The molecule has 0 spiro atoms. The van der Waals surface area contributed by atoms with Gasteiger partial charge in [0.2, 0.25) is 5.89 Å². The molecule has 2 aromatic carbocycles. The van der Waals surface area contributed by atoms with Crippen LogP contribution in [0.1, 0.15) is 34.2 Å². The quantitative estimate of drug-likeness (QED) is 0.146. The molecule has 0 radical (unpaired) electrons. The predicted molar refractivity (Wildman–Crippen MR) is 237 cm³/mol. The molecule has 0 fully saturated rings. The minimum Gasteiger partial charge on any atom is -0.401 e. The molecule has 0 aliphatic heterocycles. The van der Waals surface area contributed by atoms with Gasteiger partial charge in [-0.15, -0.1) is 0 Å². The highest BCUT2D eigenvalue weighted by atomic mass is 79.9. The van der Waals surface area contributed by atoms with Crippen LogP contribution in [0.25, 0.3) is 34.1 Å². The van der Waals surface area contributed by atoms with Crippen molar-refractivity contribution < 1.29 is 14.0 Å². The van der Waals surface area contributed by atoms with E-state index in [9.17, 15) is 14.4 Å². The number of amides is 1. The average Bonchev–Trinajstić information content (AvgIpc) is 3.75. The summed E-state index contributed by atoms with van der Waals surface area (Å²) in [7, 11) is 1.50. The van der Waals surface area contributed by atoms with Gasteiger partial charge in [-0.25, -0.2) is 29.1 Å². The lowest BCUT2D eigenvalue weighted by atomic mass is 10.1. The van der Waals surface area contributed by atoms with E-state index in [1.54, 1.807) is 13.0 Å². The van der Waals surface area contributed by atoms with Crippen molar-refractivity contribution in [1.82, 2.24) is 34.5 Å². The third-order valence-electron chi connectivity index (χ3n) is 7.35. The van der Waals surface area contributed by atoms with Gasteiger partial charge in [0.05, 0.1) is 41.2 Å². The average molecular weight is 1080 g/mol. The molecule has 0 saturated heterocycles. The predicted octanol–water partition coefficient (Wildman–Crippen LogP) is 11.9. The van der Waals surface area contributed by atoms with Crippen LogP contribution < -0.4 is 16.7 Å². The van der Waals surface area contributed by atoms with Crippen LogP contribution in [-0.4, -0.2) is 53.3 Å². The van der Waals surface area contributed by atoms with E-state index in [0.717, 1.165) is 0 Å². The molecule has 5 aromatic heterocycles. The van der Waals surface area contributed by atoms with Gasteiger partial charge in [0.15, 0.2) is 17.4 Å². The van der Waals surface area contributed by atoms with E-state index in [2.05, 4.69) is 68.1 Å². The third kappa shape index (κ3) is 10.3. The lowest BCUT2D eigenvalue weighted by Gasteiger charge is -2.13. The van der Waals surface area contributed by atoms with Crippen LogP contribution in [0.3, 0.4) is 0 Å². The topological polar surface area (TPSA) is 177 Å². The van der Waals surface area contributed by atoms with Crippen LogP contribution in [0.5, 0.6) is 0 Å². The summed E-state index contributed by atoms with van der Waals surface area (Å²) < 4.78 is 8.83. The van der Waals surface area contributed by atoms with E-state index in [-0.39, 0.29) is 82.7 Å². The van der Waals surface area contributed by atoms with Crippen molar-refractivity contribution in [1.29, 1.82) is 0 Å². The monoisotopic (exact) mass is 1070 g/mol. The van der Waals surface area contributed by atoms with Gasteiger partial charge in [0.1, 0.15) is 26.1 Å². The number of nitrogens with two attached hydrogens (primary N) is 1. The minimum atomic E-state index is -0.640. The number of carbonyl (C=O) groups is 2. The third-order valence-corrected chi connectivity index (χ3v) is 10.1. The van der Waals surface area contributed by atoms with E-state index in [1.165, 1.54) is 71.3 Å². The molecule has 23 heteroatoms. The normalized spacial score (nSPS) is 10.8. The molecule has 7 rings (SSSR count). The summed E-state index contributed by atoms with van der Waals surface area (Å²) in [6.45, 7) is 1.70. The first kappa shape index (κ1) is 45.8. The van der Waals surface area contributed by atoms with Gasteiger partial charge in [-0.05, 0) is 75.3 Å². The van der Waals surface area contributed by atoms with Crippen molar-refractivity contribution in [2.75, 3.05) is 12.4 Å². The Kier molecular flexibility index (Phi) is 15.6. The van der Waals surface area contributed by atoms with E-state index >= 15 is 0 Å². The van der Waals surface area contributed by atoms with Crippen molar-refractivity contribution in [3.05, 3.63) is 132 Å². The molecule has 0 aliphatic carbocycles. The maximum atomic E-state index is 13.0. The van der Waals surface area contributed by atoms with Crippen LogP contribution in [0.4, 0.5) is 5.69 Å². The van der Waals surface area contributed by atoms with Crippen molar-refractivity contribution in [3.8, 4) is 23.2 Å². The zero-order chi connectivity index (χ0) is 42.6. The molecule has 5 heterocycles. The summed E-state index contributed by atoms with van der Waals surface area (Å²) in [5.41, 5.74) is 4.93. The fourth-order valence-corrected chi connectivity index (χ4v) is 7.72. The second kappa shape index (κ2) is 19.8. The van der Waals surface area contributed by atoms with Gasteiger partial charge in [0, 0.05) is 46.6 Å². The Bertz CT molecular complexity index is 2780. The van der Waals surface area contributed by atoms with Gasteiger partial charge in [-0.2, -0.15) is 10.2 Å². The summed E-state index contributed by atoms with van der Waals surface area (Å²) in [5, 5.41) is 13.4. The van der Waals surface area contributed by atoms with Gasteiger partial charge < -0.3 is 15.5 Å². The zero-order valence-electron chi connectivity index (χ0n) is 29.1. The van der Waals surface area contributed by atoms with Crippen LogP contribution in [0, 0.1) is 0 Å². The molecular formula is C35H21Br2Cl8N9O4. The number of hydrogen-bond donors (Lipinski definition) is 2. The lowest BCUT2D eigenvalue weighted by Crippen LogP contribution is -2.19. The Morgan fingerprint density at radius 2 is 1.26 bits per heavy atom. The Labute approximate surface area is 384 Å². The van der Waals surface area contributed by atoms with E-state index in [1.807, 2.05) is 0 Å². The van der Waals surface area contributed by atoms with Crippen LogP contribution in [-0.2, 0) is 0 Å². The van der Waals surface area contributed by atoms with Crippen LogP contribution >= 0.6 is 125 Å². The molecule has 58 heavy (non-hydrogen) atoms. The summed E-state index contributed by atoms with van der Waals surface area (Å²) in [6, 6.07) is 11.9. The second-order valence-corrected chi connectivity index (χ2v) is 16.1. The number of aromatic nitrogens is 7. The maximum Gasteiger partial charge on any atom is 0.347 e. The number of nitrogens with zero attached hydrogens (tertiary/aromatic N) is 7. The summed E-state index contributed by atoms with van der Waals surface area (Å²) in [5.74, 6) is -0.317. The number of nitrogens with one attached hydrogen (secondary N) is 1. The second-order valence-electron chi connectivity index (χ2n) is 11.1. The molecule has 0 aliphatic rings. The van der Waals surface area contributed by atoms with Gasteiger partial charge in [-0.1, -0.05) is 99.7 Å². The van der Waals surface area contributed by atoms with Gasteiger partial charge in [-0.3, -0.25) is 9.59 Å². The van der Waals surface area contributed by atoms with Gasteiger partial charge >= 0.3 is 5.63 Å². The molecule has 13 nitrogen and oxygen atoms in total. The Balaban J connectivity index is 0.000000212. The first-order valence-corrected chi connectivity index (χ1v) is 20.5. The Morgan fingerprint density at radius 1 is 0.724 bits per heavy atom. The maximum absolute atomic E-state index is 13.0. The summed E-state index contributed by atoms with van der Waals surface area (Å²) >= 11 is 55.1. The number of hydrogen-bond acceptors (Lipinski definition) is 10. The number of rotatable bonds is 7. The number of ketones is 1. The first-order valence-electron chi connectivity index (χ1n) is 15.9. The van der Waals surface area contributed by atoms with E-state index < -0.39 is 11.5 Å². The number of Topliss-reactive ketones (excluding diaryl/α,β-unsaturated/α-hetero) is 1. The SMILES string of the molecule is CCC(=O)c1cc(Cl)cc(Cl)c1NC(=O)c1cc(Br)nn1-c1ncc(Cl)cc1Cl.CN.O=c1oc(-c2cc(Br)nn2-c2ncc(Cl)cc2Cl)nc2c(Cl)cc(Cl)cc12. The number of carbonyl (C=O) groups excluding carboxylic acids is 2.